The van der Waals surface area contributed by atoms with Crippen molar-refractivity contribution in [2.75, 3.05) is 19.6 Å². The molecule has 1 aliphatic rings. The molecule has 7 heteroatoms. The van der Waals surface area contributed by atoms with Crippen LogP contribution in [0.1, 0.15) is 67.6 Å². The molecule has 0 bridgehead atoms. The van der Waals surface area contributed by atoms with Crippen LogP contribution in [0.2, 0.25) is 0 Å². The third-order valence-electron chi connectivity index (χ3n) is 6.41. The van der Waals surface area contributed by atoms with Gasteiger partial charge in [0.05, 0.1) is 12.2 Å². The summed E-state index contributed by atoms with van der Waals surface area (Å²) in [6, 6.07) is 9.20. The lowest BCUT2D eigenvalue weighted by molar-refractivity contribution is 0.277. The Labute approximate surface area is 217 Å². The summed E-state index contributed by atoms with van der Waals surface area (Å²) in [7, 11) is 2.01. The molecule has 1 atom stereocenters. The highest BCUT2D eigenvalue weighted by molar-refractivity contribution is 14.0. The minimum absolute atomic E-state index is 0. The van der Waals surface area contributed by atoms with Crippen molar-refractivity contribution in [3.8, 4) is 0 Å². The third-order valence-corrected chi connectivity index (χ3v) is 6.41. The van der Waals surface area contributed by atoms with Crippen LogP contribution < -0.4 is 10.6 Å². The fourth-order valence-electron chi connectivity index (χ4n) is 4.57. The Bertz CT molecular complexity index is 883. The second kappa shape index (κ2) is 13.9. The summed E-state index contributed by atoms with van der Waals surface area (Å²) in [6.07, 6.45) is 6.35. The molecule has 0 spiro atoms. The molecule has 1 aromatic carbocycles. The maximum atomic E-state index is 4.88. The molecule has 2 heterocycles. The molecule has 1 unspecified atom stereocenters. The van der Waals surface area contributed by atoms with Crippen LogP contribution in [-0.4, -0.2) is 46.3 Å². The smallest absolute Gasteiger partial charge is 0.191 e. The minimum Gasteiger partial charge on any atom is -0.357 e. The molecule has 1 fully saturated rings. The summed E-state index contributed by atoms with van der Waals surface area (Å²) in [4.78, 5) is 7.48. The zero-order chi connectivity index (χ0) is 22.9. The molecular formula is C26H43IN6. The molecule has 3 rings (SSSR count). The molecule has 1 aliphatic heterocycles. The first-order valence-corrected chi connectivity index (χ1v) is 12.3. The van der Waals surface area contributed by atoms with Crippen molar-refractivity contribution in [3.63, 3.8) is 0 Å². The van der Waals surface area contributed by atoms with Crippen LogP contribution in [0.15, 0.2) is 29.3 Å². The van der Waals surface area contributed by atoms with Gasteiger partial charge in [-0.3, -0.25) is 9.58 Å². The van der Waals surface area contributed by atoms with E-state index in [1.54, 1.807) is 0 Å². The number of nitrogens with zero attached hydrogens (tertiary/aromatic N) is 4. The lowest BCUT2D eigenvalue weighted by atomic mass is 10.1. The van der Waals surface area contributed by atoms with Crippen molar-refractivity contribution in [1.82, 2.24) is 25.3 Å². The summed E-state index contributed by atoms with van der Waals surface area (Å²) in [5.41, 5.74) is 6.33. The van der Waals surface area contributed by atoms with Gasteiger partial charge in [-0.25, -0.2) is 4.99 Å². The van der Waals surface area contributed by atoms with Gasteiger partial charge < -0.3 is 10.6 Å². The first-order chi connectivity index (χ1) is 15.5. The summed E-state index contributed by atoms with van der Waals surface area (Å²) in [5.74, 6) is 0.872. The number of benzene rings is 1. The summed E-state index contributed by atoms with van der Waals surface area (Å²) in [6.45, 7) is 13.6. The number of rotatable bonds is 8. The number of halogens is 1. The molecule has 0 amide bonds. The quantitative estimate of drug-likeness (QED) is 0.276. The van der Waals surface area contributed by atoms with Crippen molar-refractivity contribution in [3.05, 3.63) is 52.3 Å². The largest absolute Gasteiger partial charge is 0.357 e. The molecule has 33 heavy (non-hydrogen) atoms. The lowest BCUT2D eigenvalue weighted by Gasteiger charge is -2.20. The molecule has 0 saturated carbocycles. The normalized spacial score (nSPS) is 16.1. The number of aryl methyl sites for hydroxylation is 2. The van der Waals surface area contributed by atoms with E-state index in [1.165, 1.54) is 61.2 Å². The molecule has 2 N–H and O–H groups in total. The fourth-order valence-corrected chi connectivity index (χ4v) is 4.57. The predicted molar refractivity (Wildman–Crippen MR) is 149 cm³/mol. The van der Waals surface area contributed by atoms with Gasteiger partial charge in [-0.2, -0.15) is 5.10 Å². The van der Waals surface area contributed by atoms with Crippen LogP contribution in [0.25, 0.3) is 0 Å². The highest BCUT2D eigenvalue weighted by atomic mass is 127. The zero-order valence-corrected chi connectivity index (χ0v) is 23.5. The van der Waals surface area contributed by atoms with Crippen LogP contribution in [0.5, 0.6) is 0 Å². The summed E-state index contributed by atoms with van der Waals surface area (Å²) >= 11 is 0. The first-order valence-electron chi connectivity index (χ1n) is 12.3. The lowest BCUT2D eigenvalue weighted by Crippen LogP contribution is -2.43. The predicted octanol–water partition coefficient (Wildman–Crippen LogP) is 4.72. The van der Waals surface area contributed by atoms with Gasteiger partial charge >= 0.3 is 0 Å². The van der Waals surface area contributed by atoms with E-state index in [1.807, 2.05) is 11.7 Å². The highest BCUT2D eigenvalue weighted by Crippen LogP contribution is 2.16. The average Bonchev–Trinajstić information content (AvgIpc) is 2.95. The second-order valence-corrected chi connectivity index (χ2v) is 9.23. The molecule has 6 nitrogen and oxygen atoms in total. The molecular weight excluding hydrogens is 523 g/mol. The third kappa shape index (κ3) is 8.59. The van der Waals surface area contributed by atoms with Crippen molar-refractivity contribution < 1.29 is 0 Å². The monoisotopic (exact) mass is 566 g/mol. The van der Waals surface area contributed by atoms with Crippen molar-refractivity contribution >= 4 is 29.9 Å². The minimum atomic E-state index is 0. The Balaban J connectivity index is 0.00000385. The van der Waals surface area contributed by atoms with Crippen LogP contribution in [0.3, 0.4) is 0 Å². The van der Waals surface area contributed by atoms with Gasteiger partial charge in [0.15, 0.2) is 5.96 Å². The van der Waals surface area contributed by atoms with Crippen molar-refractivity contribution in [1.29, 1.82) is 0 Å². The highest BCUT2D eigenvalue weighted by Gasteiger charge is 2.14. The maximum Gasteiger partial charge on any atom is 0.191 e. The van der Waals surface area contributed by atoms with Crippen LogP contribution in [-0.2, 0) is 26.6 Å². The topological polar surface area (TPSA) is 57.5 Å². The summed E-state index contributed by atoms with van der Waals surface area (Å²) < 4.78 is 1.97. The van der Waals surface area contributed by atoms with Crippen LogP contribution in [0, 0.1) is 13.8 Å². The number of aliphatic imine (C=N–C) groups is 1. The molecule has 2 aromatic rings. The molecule has 1 saturated heterocycles. The van der Waals surface area contributed by atoms with E-state index in [4.69, 9.17) is 4.99 Å². The van der Waals surface area contributed by atoms with Crippen molar-refractivity contribution in [2.24, 2.45) is 12.0 Å². The van der Waals surface area contributed by atoms with Crippen molar-refractivity contribution in [2.45, 2.75) is 78.9 Å². The number of aromatic nitrogens is 2. The number of hydrogen-bond donors (Lipinski definition) is 2. The number of hydrogen-bond acceptors (Lipinski definition) is 3. The van der Waals surface area contributed by atoms with Gasteiger partial charge in [-0.05, 0) is 76.7 Å². The zero-order valence-electron chi connectivity index (χ0n) is 21.2. The van der Waals surface area contributed by atoms with Crippen LogP contribution >= 0.6 is 24.0 Å². The van der Waals surface area contributed by atoms with Gasteiger partial charge in [-0.15, -0.1) is 24.0 Å². The van der Waals surface area contributed by atoms with E-state index >= 15 is 0 Å². The number of guanidine groups is 1. The molecule has 0 radical (unpaired) electrons. The first kappa shape index (κ1) is 27.6. The fraction of sp³-hybridized carbons (Fsp3) is 0.615. The second-order valence-electron chi connectivity index (χ2n) is 9.23. The molecule has 1 aromatic heterocycles. The Hall–Kier alpha value is -1.61. The standard InChI is InChI=1S/C26H42N6.HI/c1-6-27-26(29-20(2)16-25-21(3)30-31(5)22(25)4)28-18-23-12-11-13-24(17-23)19-32-14-9-7-8-10-15-32;/h11-13,17,20H,6-10,14-16,18-19H2,1-5H3,(H2,27,28,29);1H. The van der Waals surface area contributed by atoms with Gasteiger partial charge in [0, 0.05) is 31.9 Å². The Kier molecular flexibility index (Phi) is 11.7. The van der Waals surface area contributed by atoms with E-state index in [-0.39, 0.29) is 30.0 Å². The Morgan fingerprint density at radius 1 is 1.12 bits per heavy atom. The van der Waals surface area contributed by atoms with Gasteiger partial charge in [0.1, 0.15) is 0 Å². The van der Waals surface area contributed by atoms with E-state index in [2.05, 4.69) is 72.6 Å². The van der Waals surface area contributed by atoms with E-state index in [0.29, 0.717) is 6.54 Å². The van der Waals surface area contributed by atoms with Gasteiger partial charge in [0.25, 0.3) is 0 Å². The van der Waals surface area contributed by atoms with E-state index in [9.17, 15) is 0 Å². The Morgan fingerprint density at radius 2 is 1.82 bits per heavy atom. The molecule has 0 aliphatic carbocycles. The van der Waals surface area contributed by atoms with Gasteiger partial charge in [-0.1, -0.05) is 37.1 Å². The number of likely N-dealkylation sites (tertiary alicyclic amines) is 1. The van der Waals surface area contributed by atoms with Gasteiger partial charge in [0.2, 0.25) is 0 Å². The Morgan fingerprint density at radius 3 is 2.45 bits per heavy atom. The van der Waals surface area contributed by atoms with E-state index in [0.717, 1.165) is 31.2 Å². The van der Waals surface area contributed by atoms with E-state index < -0.39 is 0 Å². The molecule has 184 valence electrons. The van der Waals surface area contributed by atoms with Crippen LogP contribution in [0.4, 0.5) is 0 Å². The summed E-state index contributed by atoms with van der Waals surface area (Å²) in [5, 5.41) is 11.5. The maximum absolute atomic E-state index is 4.88. The number of nitrogens with one attached hydrogen (secondary N) is 2. The SMILES string of the molecule is CCNC(=NCc1cccc(CN2CCCCCC2)c1)NC(C)Cc1c(C)nn(C)c1C.I. The average molecular weight is 567 g/mol.